The van der Waals surface area contributed by atoms with Crippen molar-refractivity contribution in [3.05, 3.63) is 0 Å². The molecule has 2 unspecified atom stereocenters. The molecule has 0 spiro atoms. The van der Waals surface area contributed by atoms with Gasteiger partial charge in [0.25, 0.3) is 0 Å². The largest absolute Gasteiger partial charge is 0.296 e. The van der Waals surface area contributed by atoms with Crippen molar-refractivity contribution in [3.63, 3.8) is 0 Å². The fourth-order valence-electron chi connectivity index (χ4n) is 3.53. The zero-order chi connectivity index (χ0) is 12.4. The minimum Gasteiger partial charge on any atom is -0.296 e. The number of carbonyl (C=O) groups is 2. The zero-order valence-electron chi connectivity index (χ0n) is 10.9. The molecule has 3 heteroatoms. The standard InChI is InChI=1S/C14H23NO2/c1-3-11-12(8-13(16)15-14(11)17)10-6-4-9(2)5-7-10/h9-12H,3-8H2,1-2H3,(H,15,16,17). The molecular weight excluding hydrogens is 214 g/mol. The van der Waals surface area contributed by atoms with Crippen LogP contribution in [-0.2, 0) is 9.59 Å². The van der Waals surface area contributed by atoms with Gasteiger partial charge in [0, 0.05) is 12.3 Å². The maximum absolute atomic E-state index is 11.8. The van der Waals surface area contributed by atoms with Gasteiger partial charge >= 0.3 is 0 Å². The number of amides is 2. The summed E-state index contributed by atoms with van der Waals surface area (Å²) in [5.41, 5.74) is 0. The average molecular weight is 237 g/mol. The fourth-order valence-corrected chi connectivity index (χ4v) is 3.53. The van der Waals surface area contributed by atoms with E-state index in [2.05, 4.69) is 19.2 Å². The summed E-state index contributed by atoms with van der Waals surface area (Å²) >= 11 is 0. The first kappa shape index (κ1) is 12.6. The first-order chi connectivity index (χ1) is 8.11. The number of hydrogen-bond donors (Lipinski definition) is 1. The number of imide groups is 1. The van der Waals surface area contributed by atoms with Gasteiger partial charge in [0.1, 0.15) is 0 Å². The molecular formula is C14H23NO2. The smallest absolute Gasteiger partial charge is 0.229 e. The first-order valence-corrected chi connectivity index (χ1v) is 6.95. The lowest BCUT2D eigenvalue weighted by Crippen LogP contribution is -2.48. The van der Waals surface area contributed by atoms with Gasteiger partial charge in [0.05, 0.1) is 0 Å². The quantitative estimate of drug-likeness (QED) is 0.750. The maximum atomic E-state index is 11.8. The van der Waals surface area contributed by atoms with Crippen molar-refractivity contribution >= 4 is 11.8 Å². The molecule has 0 aromatic rings. The third-order valence-electron chi connectivity index (χ3n) is 4.64. The van der Waals surface area contributed by atoms with E-state index in [4.69, 9.17) is 0 Å². The molecule has 1 aliphatic carbocycles. The summed E-state index contributed by atoms with van der Waals surface area (Å²) in [4.78, 5) is 23.3. The van der Waals surface area contributed by atoms with Crippen molar-refractivity contribution < 1.29 is 9.59 Å². The normalized spacial score (nSPS) is 38.9. The molecule has 0 aromatic heterocycles. The minimum atomic E-state index is -0.0664. The highest BCUT2D eigenvalue weighted by Crippen LogP contribution is 2.40. The topological polar surface area (TPSA) is 46.2 Å². The van der Waals surface area contributed by atoms with Crippen LogP contribution in [0.1, 0.15) is 52.4 Å². The lowest BCUT2D eigenvalue weighted by molar-refractivity contribution is -0.140. The highest BCUT2D eigenvalue weighted by molar-refractivity contribution is 5.99. The Morgan fingerprint density at radius 1 is 1.18 bits per heavy atom. The predicted octanol–water partition coefficient (Wildman–Crippen LogP) is 2.50. The monoisotopic (exact) mass is 237 g/mol. The van der Waals surface area contributed by atoms with Crippen LogP contribution < -0.4 is 5.32 Å². The highest BCUT2D eigenvalue weighted by atomic mass is 16.2. The molecule has 17 heavy (non-hydrogen) atoms. The maximum Gasteiger partial charge on any atom is 0.229 e. The molecule has 0 radical (unpaired) electrons. The summed E-state index contributed by atoms with van der Waals surface area (Å²) < 4.78 is 0. The molecule has 1 saturated carbocycles. The van der Waals surface area contributed by atoms with E-state index in [9.17, 15) is 9.59 Å². The average Bonchev–Trinajstić information content (AvgIpc) is 2.29. The molecule has 0 bridgehead atoms. The Balaban J connectivity index is 2.06. The molecule has 96 valence electrons. The van der Waals surface area contributed by atoms with E-state index in [1.807, 2.05) is 0 Å². The first-order valence-electron chi connectivity index (χ1n) is 6.95. The molecule has 1 heterocycles. The van der Waals surface area contributed by atoms with Gasteiger partial charge in [-0.05, 0) is 37.0 Å². The summed E-state index contributed by atoms with van der Waals surface area (Å²) in [6.45, 7) is 4.35. The molecule has 3 nitrogen and oxygen atoms in total. The summed E-state index contributed by atoms with van der Waals surface area (Å²) in [5, 5.41) is 2.48. The van der Waals surface area contributed by atoms with Crippen LogP contribution in [0.15, 0.2) is 0 Å². The van der Waals surface area contributed by atoms with Crippen LogP contribution in [0.4, 0.5) is 0 Å². The number of hydrogen-bond acceptors (Lipinski definition) is 2. The Bertz CT molecular complexity index is 305. The second kappa shape index (κ2) is 5.19. The van der Waals surface area contributed by atoms with Crippen LogP contribution in [0.3, 0.4) is 0 Å². The van der Waals surface area contributed by atoms with Gasteiger partial charge < -0.3 is 0 Å². The van der Waals surface area contributed by atoms with Crippen LogP contribution in [0.25, 0.3) is 0 Å². The Hall–Kier alpha value is -0.860. The minimum absolute atomic E-state index is 0.0348. The fraction of sp³-hybridized carbons (Fsp3) is 0.857. The zero-order valence-corrected chi connectivity index (χ0v) is 10.9. The van der Waals surface area contributed by atoms with E-state index in [-0.39, 0.29) is 17.7 Å². The Morgan fingerprint density at radius 3 is 2.41 bits per heavy atom. The summed E-state index contributed by atoms with van der Waals surface area (Å²) in [5.74, 6) is 1.67. The van der Waals surface area contributed by atoms with Crippen molar-refractivity contribution in [2.45, 2.75) is 52.4 Å². The molecule has 1 N–H and O–H groups in total. The molecule has 2 fully saturated rings. The Labute approximate surface area is 103 Å². The van der Waals surface area contributed by atoms with Crippen LogP contribution in [0.5, 0.6) is 0 Å². The van der Waals surface area contributed by atoms with Crippen molar-refractivity contribution in [3.8, 4) is 0 Å². The van der Waals surface area contributed by atoms with E-state index in [0.717, 1.165) is 12.3 Å². The second-order valence-electron chi connectivity index (χ2n) is 5.82. The second-order valence-corrected chi connectivity index (χ2v) is 5.82. The van der Waals surface area contributed by atoms with E-state index in [0.29, 0.717) is 18.3 Å². The van der Waals surface area contributed by atoms with Gasteiger partial charge in [-0.1, -0.05) is 26.7 Å². The molecule has 2 rings (SSSR count). The van der Waals surface area contributed by atoms with Crippen molar-refractivity contribution in [2.75, 3.05) is 0 Å². The Kier molecular flexibility index (Phi) is 3.85. The van der Waals surface area contributed by atoms with Gasteiger partial charge in [-0.25, -0.2) is 0 Å². The predicted molar refractivity (Wildman–Crippen MR) is 66.2 cm³/mol. The molecule has 2 atom stereocenters. The highest BCUT2D eigenvalue weighted by Gasteiger charge is 2.39. The van der Waals surface area contributed by atoms with Crippen molar-refractivity contribution in [1.29, 1.82) is 0 Å². The third-order valence-corrected chi connectivity index (χ3v) is 4.64. The van der Waals surface area contributed by atoms with Crippen molar-refractivity contribution in [1.82, 2.24) is 5.32 Å². The number of carbonyl (C=O) groups excluding carboxylic acids is 2. The molecule has 2 aliphatic rings. The van der Waals surface area contributed by atoms with Crippen LogP contribution in [0.2, 0.25) is 0 Å². The molecule has 1 aliphatic heterocycles. The number of rotatable bonds is 2. The lowest BCUT2D eigenvalue weighted by Gasteiger charge is -2.38. The number of nitrogens with one attached hydrogen (secondary N) is 1. The van der Waals surface area contributed by atoms with E-state index in [1.54, 1.807) is 0 Å². The van der Waals surface area contributed by atoms with Gasteiger partial charge in [-0.15, -0.1) is 0 Å². The Morgan fingerprint density at radius 2 is 1.82 bits per heavy atom. The van der Waals surface area contributed by atoms with Crippen LogP contribution >= 0.6 is 0 Å². The van der Waals surface area contributed by atoms with E-state index < -0.39 is 0 Å². The lowest BCUT2D eigenvalue weighted by atomic mass is 9.68. The van der Waals surface area contributed by atoms with Gasteiger partial charge in [0.2, 0.25) is 11.8 Å². The summed E-state index contributed by atoms with van der Waals surface area (Å²) in [6, 6.07) is 0. The van der Waals surface area contributed by atoms with Gasteiger partial charge in [-0.3, -0.25) is 14.9 Å². The summed E-state index contributed by atoms with van der Waals surface area (Å²) in [7, 11) is 0. The van der Waals surface area contributed by atoms with Gasteiger partial charge in [-0.2, -0.15) is 0 Å². The van der Waals surface area contributed by atoms with Gasteiger partial charge in [0.15, 0.2) is 0 Å². The van der Waals surface area contributed by atoms with Crippen LogP contribution in [-0.4, -0.2) is 11.8 Å². The van der Waals surface area contributed by atoms with E-state index >= 15 is 0 Å². The van der Waals surface area contributed by atoms with Crippen LogP contribution in [0, 0.1) is 23.7 Å². The SMILES string of the molecule is CCC1C(=O)NC(=O)CC1C1CCC(C)CC1. The van der Waals surface area contributed by atoms with Crippen molar-refractivity contribution in [2.24, 2.45) is 23.7 Å². The molecule has 1 saturated heterocycles. The molecule has 2 amide bonds. The molecule has 0 aromatic carbocycles. The summed E-state index contributed by atoms with van der Waals surface area (Å²) in [6.07, 6.45) is 6.33. The number of piperidine rings is 1. The third kappa shape index (κ3) is 2.70. The van der Waals surface area contributed by atoms with E-state index in [1.165, 1.54) is 25.7 Å².